The summed E-state index contributed by atoms with van der Waals surface area (Å²) in [6.45, 7) is 4.91. The zero-order chi connectivity index (χ0) is 12.8. The molecule has 0 heterocycles. The van der Waals surface area contributed by atoms with Gasteiger partial charge >= 0.3 is 5.69 Å². The lowest BCUT2D eigenvalue weighted by Gasteiger charge is -2.14. The van der Waals surface area contributed by atoms with Crippen LogP contribution < -0.4 is 11.1 Å². The minimum Gasteiger partial charge on any atom is -0.393 e. The van der Waals surface area contributed by atoms with Crippen LogP contribution in [0.1, 0.15) is 13.8 Å². The lowest BCUT2D eigenvalue weighted by molar-refractivity contribution is -0.383. The number of nitrogens with two attached hydrogens (primary N) is 1. The number of benzene rings is 1. The Morgan fingerprint density at radius 3 is 2.88 bits per heavy atom. The number of nitrogens with zero attached hydrogens (tertiary/aromatic N) is 1. The van der Waals surface area contributed by atoms with E-state index < -0.39 is 4.92 Å². The number of nitro benzene ring substituents is 1. The van der Waals surface area contributed by atoms with Gasteiger partial charge < -0.3 is 15.8 Å². The van der Waals surface area contributed by atoms with Gasteiger partial charge in [0.15, 0.2) is 0 Å². The molecule has 1 rings (SSSR count). The van der Waals surface area contributed by atoms with Crippen molar-refractivity contribution in [1.82, 2.24) is 0 Å². The van der Waals surface area contributed by atoms with E-state index in [-0.39, 0.29) is 17.5 Å². The molecule has 3 N–H and O–H groups in total. The fourth-order valence-electron chi connectivity index (χ4n) is 1.50. The summed E-state index contributed by atoms with van der Waals surface area (Å²) in [4.78, 5) is 10.4. The van der Waals surface area contributed by atoms with Gasteiger partial charge in [-0.05, 0) is 26.0 Å². The summed E-state index contributed by atoms with van der Waals surface area (Å²) in [6, 6.07) is 4.82. The Kier molecular flexibility index (Phi) is 4.71. The molecule has 1 atom stereocenters. The van der Waals surface area contributed by atoms with Gasteiger partial charge in [-0.2, -0.15) is 0 Å². The van der Waals surface area contributed by atoms with Crippen LogP contribution in [0, 0.1) is 10.1 Å². The number of hydrogen-bond donors (Lipinski definition) is 2. The van der Waals surface area contributed by atoms with Gasteiger partial charge in [-0.25, -0.2) is 0 Å². The molecule has 0 aromatic heterocycles. The molecular weight excluding hydrogens is 222 g/mol. The Labute approximate surface area is 99.9 Å². The van der Waals surface area contributed by atoms with Gasteiger partial charge in [0.25, 0.3) is 0 Å². The van der Waals surface area contributed by atoms with Crippen LogP contribution in [0.3, 0.4) is 0 Å². The zero-order valence-corrected chi connectivity index (χ0v) is 9.97. The van der Waals surface area contributed by atoms with Crippen molar-refractivity contribution in [2.24, 2.45) is 0 Å². The number of anilines is 2. The van der Waals surface area contributed by atoms with E-state index >= 15 is 0 Å². The molecular formula is C11H17N3O3. The third-order valence-corrected chi connectivity index (χ3v) is 2.28. The zero-order valence-electron chi connectivity index (χ0n) is 9.97. The normalized spacial score (nSPS) is 12.1. The number of nitro groups is 1. The van der Waals surface area contributed by atoms with Gasteiger partial charge in [-0.1, -0.05) is 6.07 Å². The van der Waals surface area contributed by atoms with Crippen LogP contribution in [0.25, 0.3) is 0 Å². The first kappa shape index (κ1) is 13.2. The van der Waals surface area contributed by atoms with Gasteiger partial charge in [0.1, 0.15) is 11.4 Å². The van der Waals surface area contributed by atoms with Crippen LogP contribution in [0.5, 0.6) is 0 Å². The first-order valence-electron chi connectivity index (χ1n) is 5.44. The number of para-hydroxylation sites is 1. The molecule has 0 saturated heterocycles. The van der Waals surface area contributed by atoms with E-state index in [1.54, 1.807) is 12.1 Å². The van der Waals surface area contributed by atoms with E-state index in [4.69, 9.17) is 10.5 Å². The van der Waals surface area contributed by atoms with E-state index in [1.807, 2.05) is 13.8 Å². The molecule has 0 amide bonds. The smallest absolute Gasteiger partial charge is 0.314 e. The van der Waals surface area contributed by atoms with Gasteiger partial charge in [0.2, 0.25) is 0 Å². The molecule has 0 aliphatic carbocycles. The van der Waals surface area contributed by atoms with Crippen molar-refractivity contribution in [3.05, 3.63) is 28.3 Å². The predicted octanol–water partition coefficient (Wildman–Crippen LogP) is 2.01. The Morgan fingerprint density at radius 1 is 1.59 bits per heavy atom. The summed E-state index contributed by atoms with van der Waals surface area (Å²) in [5, 5.41) is 13.8. The Bertz CT molecular complexity index is 396. The standard InChI is InChI=1S/C11H17N3O3/c1-3-17-8(2)7-13-10-6-4-5-9(12)11(10)14(15)16/h4-6,8,13H,3,7,12H2,1-2H3. The van der Waals surface area contributed by atoms with E-state index in [1.165, 1.54) is 6.07 Å². The average Bonchev–Trinajstić information content (AvgIpc) is 2.26. The van der Waals surface area contributed by atoms with Gasteiger partial charge in [-0.3, -0.25) is 10.1 Å². The molecule has 94 valence electrons. The van der Waals surface area contributed by atoms with Crippen molar-refractivity contribution in [1.29, 1.82) is 0 Å². The number of ether oxygens (including phenoxy) is 1. The topological polar surface area (TPSA) is 90.4 Å². The lowest BCUT2D eigenvalue weighted by Crippen LogP contribution is -2.20. The number of hydrogen-bond acceptors (Lipinski definition) is 5. The number of rotatable bonds is 6. The molecule has 6 nitrogen and oxygen atoms in total. The van der Waals surface area contributed by atoms with Crippen molar-refractivity contribution in [3.63, 3.8) is 0 Å². The second-order valence-corrected chi connectivity index (χ2v) is 3.65. The van der Waals surface area contributed by atoms with E-state index in [0.717, 1.165) is 0 Å². The minimum atomic E-state index is -0.483. The Balaban J connectivity index is 2.77. The highest BCUT2D eigenvalue weighted by Gasteiger charge is 2.17. The van der Waals surface area contributed by atoms with Crippen molar-refractivity contribution >= 4 is 17.1 Å². The number of nitrogen functional groups attached to an aromatic ring is 1. The summed E-state index contributed by atoms with van der Waals surface area (Å²) < 4.78 is 5.33. The Morgan fingerprint density at radius 2 is 2.29 bits per heavy atom. The van der Waals surface area contributed by atoms with Crippen LogP contribution in [-0.4, -0.2) is 24.2 Å². The third-order valence-electron chi connectivity index (χ3n) is 2.28. The molecule has 1 aromatic rings. The molecule has 0 fully saturated rings. The van der Waals surface area contributed by atoms with Gasteiger partial charge in [-0.15, -0.1) is 0 Å². The monoisotopic (exact) mass is 239 g/mol. The first-order valence-corrected chi connectivity index (χ1v) is 5.44. The maximum Gasteiger partial charge on any atom is 0.314 e. The maximum atomic E-state index is 10.9. The molecule has 0 spiro atoms. The molecule has 0 aliphatic rings. The highest BCUT2D eigenvalue weighted by atomic mass is 16.6. The first-order chi connectivity index (χ1) is 8.06. The van der Waals surface area contributed by atoms with E-state index in [9.17, 15) is 10.1 Å². The van der Waals surface area contributed by atoms with E-state index in [2.05, 4.69) is 5.32 Å². The van der Waals surface area contributed by atoms with Crippen LogP contribution in [0.15, 0.2) is 18.2 Å². The van der Waals surface area contributed by atoms with Crippen molar-refractivity contribution < 1.29 is 9.66 Å². The third kappa shape index (κ3) is 3.60. The van der Waals surface area contributed by atoms with Crippen LogP contribution in [-0.2, 0) is 4.74 Å². The van der Waals surface area contributed by atoms with Gasteiger partial charge in [0, 0.05) is 13.2 Å². The quantitative estimate of drug-likeness (QED) is 0.450. The molecule has 0 bridgehead atoms. The summed E-state index contributed by atoms with van der Waals surface area (Å²) in [5.41, 5.74) is 6.06. The lowest BCUT2D eigenvalue weighted by atomic mass is 10.2. The largest absolute Gasteiger partial charge is 0.393 e. The van der Waals surface area contributed by atoms with Crippen molar-refractivity contribution in [2.75, 3.05) is 24.2 Å². The molecule has 0 radical (unpaired) electrons. The number of nitrogens with one attached hydrogen (secondary N) is 1. The SMILES string of the molecule is CCOC(C)CNc1cccc(N)c1[N+](=O)[O-]. The molecule has 0 aliphatic heterocycles. The molecule has 6 heteroatoms. The summed E-state index contributed by atoms with van der Waals surface area (Å²) in [6.07, 6.45) is -0.0129. The maximum absolute atomic E-state index is 10.9. The summed E-state index contributed by atoms with van der Waals surface area (Å²) >= 11 is 0. The van der Waals surface area contributed by atoms with Crippen LogP contribution in [0.2, 0.25) is 0 Å². The fourth-order valence-corrected chi connectivity index (χ4v) is 1.50. The molecule has 17 heavy (non-hydrogen) atoms. The predicted molar refractivity (Wildman–Crippen MR) is 67.1 cm³/mol. The van der Waals surface area contributed by atoms with E-state index in [0.29, 0.717) is 18.8 Å². The fraction of sp³-hybridized carbons (Fsp3) is 0.455. The van der Waals surface area contributed by atoms with Gasteiger partial charge in [0.05, 0.1) is 11.0 Å². The second-order valence-electron chi connectivity index (χ2n) is 3.65. The van der Waals surface area contributed by atoms with Crippen molar-refractivity contribution in [3.8, 4) is 0 Å². The average molecular weight is 239 g/mol. The Hall–Kier alpha value is -1.82. The highest BCUT2D eigenvalue weighted by molar-refractivity contribution is 5.74. The molecule has 1 aromatic carbocycles. The highest BCUT2D eigenvalue weighted by Crippen LogP contribution is 2.30. The summed E-state index contributed by atoms with van der Waals surface area (Å²) in [7, 11) is 0. The minimum absolute atomic E-state index is 0.0129. The molecule has 0 saturated carbocycles. The van der Waals surface area contributed by atoms with Crippen molar-refractivity contribution in [2.45, 2.75) is 20.0 Å². The second kappa shape index (κ2) is 6.05. The van der Waals surface area contributed by atoms with Crippen LogP contribution >= 0.6 is 0 Å². The summed E-state index contributed by atoms with van der Waals surface area (Å²) in [5.74, 6) is 0. The molecule has 1 unspecified atom stereocenters. The van der Waals surface area contributed by atoms with Crippen LogP contribution in [0.4, 0.5) is 17.1 Å².